The Morgan fingerprint density at radius 2 is 0.889 bits per heavy atom. The molecule has 0 aliphatic carbocycles. The predicted octanol–water partition coefficient (Wildman–Crippen LogP) is -6.27. The van der Waals surface area contributed by atoms with Gasteiger partial charge in [0.2, 0.25) is 0 Å². The Morgan fingerprint density at radius 1 is 0.889 bits per heavy atom. The summed E-state index contributed by atoms with van der Waals surface area (Å²) in [6.45, 7) is 0. The first-order valence-corrected chi connectivity index (χ1v) is 2.68. The average molecular weight is 379 g/mol. The zero-order valence-electron chi connectivity index (χ0n) is 2.29. The summed E-state index contributed by atoms with van der Waals surface area (Å²) in [4.78, 5) is 29.3. The van der Waals surface area contributed by atoms with Crippen LogP contribution < -0.4 is 0 Å². The molecular formula is H12AlBaNaO4SiSr. The van der Waals surface area contributed by atoms with Gasteiger partial charge < -0.3 is 19.2 Å². The summed E-state index contributed by atoms with van der Waals surface area (Å²) in [7, 11) is -4.61. The Bertz CT molecular complexity index is 36.0. The van der Waals surface area contributed by atoms with E-state index in [1.807, 2.05) is 0 Å². The van der Waals surface area contributed by atoms with Crippen LogP contribution in [0.5, 0.6) is 0 Å². The van der Waals surface area contributed by atoms with E-state index in [-0.39, 0.29) is 141 Å². The number of hydrogen-bond acceptors (Lipinski definition) is 4. The molecule has 0 unspecified atom stereocenters. The van der Waals surface area contributed by atoms with Gasteiger partial charge in [0.25, 0.3) is 0 Å². The number of rotatable bonds is 0. The van der Waals surface area contributed by atoms with Crippen LogP contribution in [-0.2, 0) is 0 Å². The van der Waals surface area contributed by atoms with Crippen molar-refractivity contribution in [3.8, 4) is 0 Å². The van der Waals surface area contributed by atoms with Crippen LogP contribution in [0.25, 0.3) is 0 Å². The van der Waals surface area contributed by atoms with Crippen LogP contribution in [0, 0.1) is 0 Å². The molecule has 0 aliphatic heterocycles. The summed E-state index contributed by atoms with van der Waals surface area (Å²) in [5, 5.41) is 0. The van der Waals surface area contributed by atoms with Crippen LogP contribution >= 0.6 is 0 Å². The van der Waals surface area contributed by atoms with Crippen molar-refractivity contribution in [2.75, 3.05) is 0 Å². The van der Waals surface area contributed by atoms with Gasteiger partial charge in [0.1, 0.15) is 0 Å². The molecule has 9 heavy (non-hydrogen) atoms. The Labute approximate surface area is 165 Å². The van der Waals surface area contributed by atoms with Crippen LogP contribution in [0.2, 0.25) is 0 Å². The average Bonchev–Trinajstić information content (AvgIpc) is 0.722. The third-order valence-corrected chi connectivity index (χ3v) is 0. The second-order valence-corrected chi connectivity index (χ2v) is 1.80. The van der Waals surface area contributed by atoms with Crippen LogP contribution in [0.1, 0.15) is 0 Å². The molecular weight excluding hydrogens is 367 g/mol. The molecule has 0 aromatic carbocycles. The Hall–Kier alpha value is 4.64. The monoisotopic (exact) mass is 380 g/mol. The van der Waals surface area contributed by atoms with Gasteiger partial charge in [-0.1, -0.05) is 0 Å². The van der Waals surface area contributed by atoms with Gasteiger partial charge in [-0.25, -0.2) is 0 Å². The van der Waals surface area contributed by atoms with Crippen molar-refractivity contribution in [3.63, 3.8) is 0 Å². The van der Waals surface area contributed by atoms with Crippen LogP contribution in [0.4, 0.5) is 0 Å². The Balaban J connectivity index is -0.0000000133. The quantitative estimate of drug-likeness (QED) is 0.316. The van der Waals surface area contributed by atoms with E-state index >= 15 is 0 Å². The zero-order valence-corrected chi connectivity index (χ0v) is 3.29. The standard InChI is InChI=1S/Al.Ba.Na.H4O4Si.Sr.8H/c;;;1-5(2,3)4;;;;;;;;;/h;;;1-4H;;;;;;;;;. The Kier molecular flexibility index (Phi) is 49.1. The fourth-order valence-electron chi connectivity index (χ4n) is 0. The van der Waals surface area contributed by atoms with E-state index in [2.05, 4.69) is 0 Å². The van der Waals surface area contributed by atoms with Gasteiger partial charge in [-0.15, -0.1) is 0 Å². The topological polar surface area (TPSA) is 80.9 Å². The van der Waals surface area contributed by atoms with Gasteiger partial charge in [0.05, 0.1) is 0 Å². The van der Waals surface area contributed by atoms with Gasteiger partial charge in [-0.3, -0.25) is 0 Å². The van der Waals surface area contributed by atoms with Crippen LogP contribution in [-0.4, -0.2) is 170 Å². The molecule has 0 saturated carbocycles. The summed E-state index contributed by atoms with van der Waals surface area (Å²) in [6.07, 6.45) is 0. The van der Waals surface area contributed by atoms with Gasteiger partial charge in [0, 0.05) is 0 Å². The minimum absolute atomic E-state index is 0. The van der Waals surface area contributed by atoms with E-state index in [4.69, 9.17) is 19.2 Å². The van der Waals surface area contributed by atoms with Crippen molar-refractivity contribution in [3.05, 3.63) is 0 Å². The molecule has 0 fully saturated rings. The molecule has 0 rings (SSSR count). The molecule has 0 atom stereocenters. The summed E-state index contributed by atoms with van der Waals surface area (Å²) >= 11 is 0. The van der Waals surface area contributed by atoms with Crippen molar-refractivity contribution in [1.29, 1.82) is 0 Å². The molecule has 0 heterocycles. The minimum atomic E-state index is -4.61. The van der Waals surface area contributed by atoms with E-state index in [0.29, 0.717) is 0 Å². The van der Waals surface area contributed by atoms with Gasteiger partial charge in [-0.05, 0) is 0 Å². The molecule has 4 nitrogen and oxygen atoms in total. The molecule has 4 N–H and O–H groups in total. The molecule has 0 spiro atoms. The molecule has 0 saturated heterocycles. The third kappa shape index (κ3) is 66.5. The van der Waals surface area contributed by atoms with Crippen molar-refractivity contribution in [2.45, 2.75) is 0 Å². The Morgan fingerprint density at radius 3 is 0.889 bits per heavy atom. The molecule has 0 radical (unpaired) electrons. The zero-order chi connectivity index (χ0) is 4.50. The van der Waals surface area contributed by atoms with E-state index in [1.165, 1.54) is 0 Å². The van der Waals surface area contributed by atoms with Gasteiger partial charge in [0.15, 0.2) is 17.4 Å². The first kappa shape index (κ1) is 29.2. The third-order valence-electron chi connectivity index (χ3n) is 0. The summed E-state index contributed by atoms with van der Waals surface area (Å²) in [5.74, 6) is 0. The summed E-state index contributed by atoms with van der Waals surface area (Å²) in [5.41, 5.74) is 0. The fraction of sp³-hybridized carbons (Fsp3) is 0. The molecule has 0 amide bonds. The van der Waals surface area contributed by atoms with Crippen molar-refractivity contribution >= 4 is 150 Å². The van der Waals surface area contributed by atoms with Crippen molar-refractivity contribution in [2.24, 2.45) is 0 Å². The summed E-state index contributed by atoms with van der Waals surface area (Å²) < 4.78 is 0. The van der Waals surface area contributed by atoms with E-state index in [1.54, 1.807) is 0 Å². The van der Waals surface area contributed by atoms with E-state index in [9.17, 15) is 0 Å². The molecule has 0 bridgehead atoms. The van der Waals surface area contributed by atoms with Crippen LogP contribution in [0.3, 0.4) is 0 Å². The van der Waals surface area contributed by atoms with Gasteiger partial charge >= 0.3 is 133 Å². The van der Waals surface area contributed by atoms with Gasteiger partial charge in [-0.2, -0.15) is 0 Å². The molecule has 0 aromatic rings. The van der Waals surface area contributed by atoms with Crippen LogP contribution in [0.15, 0.2) is 0 Å². The fourth-order valence-corrected chi connectivity index (χ4v) is 0. The number of hydrogen-bond donors (Lipinski definition) is 4. The maximum atomic E-state index is 7.33. The first-order valence-electron chi connectivity index (χ1n) is 0.894. The normalized spacial score (nSPS) is 6.67. The van der Waals surface area contributed by atoms with Crippen molar-refractivity contribution in [1.82, 2.24) is 0 Å². The SMILES string of the molecule is O[Si](O)(O)O.[AlH3].[BaH2].[NaH].[SrH2]. The first-order chi connectivity index (χ1) is 2.00. The van der Waals surface area contributed by atoms with E-state index in [0.717, 1.165) is 0 Å². The second-order valence-electron chi connectivity index (χ2n) is 0.600. The molecule has 0 aliphatic rings. The molecule has 48 valence electrons. The van der Waals surface area contributed by atoms with Crippen molar-refractivity contribution < 1.29 is 19.2 Å². The van der Waals surface area contributed by atoms with E-state index < -0.39 is 9.05 Å². The maximum absolute atomic E-state index is 7.33. The second kappa shape index (κ2) is 15.1. The molecule has 9 heteroatoms. The molecule has 0 aromatic heterocycles. The summed E-state index contributed by atoms with van der Waals surface area (Å²) in [6, 6.07) is 0. The predicted molar refractivity (Wildman–Crippen MR) is 48.8 cm³/mol.